The van der Waals surface area contributed by atoms with E-state index in [0.717, 1.165) is 0 Å². The normalized spacial score (nSPS) is 11.9. The minimum atomic E-state index is -0.601. The lowest BCUT2D eigenvalue weighted by molar-refractivity contribution is 0.366. The summed E-state index contributed by atoms with van der Waals surface area (Å²) in [5.74, 6) is 0. The zero-order valence-corrected chi connectivity index (χ0v) is 9.81. The second-order valence-corrected chi connectivity index (χ2v) is 4.80. The third kappa shape index (κ3) is 1.59. The third-order valence-electron chi connectivity index (χ3n) is 2.49. The smallest absolute Gasteiger partial charge is 0.281 e. The molecule has 2 aromatic heterocycles. The molecule has 2 aromatic rings. The zero-order valence-electron chi connectivity index (χ0n) is 9.81. The van der Waals surface area contributed by atoms with Gasteiger partial charge in [-0.1, -0.05) is 0 Å². The van der Waals surface area contributed by atoms with Crippen LogP contribution >= 0.6 is 0 Å². The fourth-order valence-electron chi connectivity index (χ4n) is 1.68. The van der Waals surface area contributed by atoms with Gasteiger partial charge < -0.3 is 10.7 Å². The molecule has 90 valence electrons. The van der Waals surface area contributed by atoms with Gasteiger partial charge in [0, 0.05) is 0 Å². The summed E-state index contributed by atoms with van der Waals surface area (Å²) in [6.07, 6.45) is 1.51. The first-order valence-corrected chi connectivity index (χ1v) is 5.09. The topological polar surface area (TPSA) is 106 Å². The summed E-state index contributed by atoms with van der Waals surface area (Å²) >= 11 is 0. The number of hydrogen-bond donors (Lipinski definition) is 2. The number of hydrogen-bond acceptors (Lipinski definition) is 5. The number of anilines is 1. The molecule has 7 heteroatoms. The number of aromatic nitrogens is 3. The third-order valence-corrected chi connectivity index (χ3v) is 2.49. The van der Waals surface area contributed by atoms with Gasteiger partial charge in [-0.25, -0.2) is 4.68 Å². The fourth-order valence-corrected chi connectivity index (χ4v) is 1.68. The Morgan fingerprint density at radius 2 is 2.12 bits per heavy atom. The molecule has 2 heterocycles. The maximum atomic E-state index is 11.6. The minimum Gasteiger partial charge on any atom is -0.396 e. The summed E-state index contributed by atoms with van der Waals surface area (Å²) in [7, 11) is 0. The van der Waals surface area contributed by atoms with Gasteiger partial charge in [-0.15, -0.1) is 4.91 Å². The molecule has 0 aromatic carbocycles. The Bertz CT molecular complexity index is 647. The van der Waals surface area contributed by atoms with Crippen LogP contribution in [0.4, 0.5) is 11.4 Å². The number of fused-ring (bicyclic) bond motifs is 1. The van der Waals surface area contributed by atoms with E-state index in [1.807, 2.05) is 20.8 Å². The number of nitrogens with two attached hydrogens (primary N) is 1. The second-order valence-electron chi connectivity index (χ2n) is 4.80. The monoisotopic (exact) mass is 235 g/mol. The molecule has 0 amide bonds. The molecule has 0 radical (unpaired) electrons. The van der Waals surface area contributed by atoms with E-state index in [1.54, 1.807) is 4.68 Å². The van der Waals surface area contributed by atoms with E-state index < -0.39 is 5.56 Å². The summed E-state index contributed by atoms with van der Waals surface area (Å²) in [5, 5.41) is 7.32. The minimum absolute atomic E-state index is 0.0641. The molecule has 0 atom stereocenters. The van der Waals surface area contributed by atoms with Crippen LogP contribution in [-0.4, -0.2) is 14.8 Å². The van der Waals surface area contributed by atoms with Gasteiger partial charge in [0.05, 0.1) is 22.8 Å². The van der Waals surface area contributed by atoms with Crippen molar-refractivity contribution in [3.8, 4) is 0 Å². The molecule has 0 saturated carbocycles. The number of nitrogens with one attached hydrogen (secondary N) is 1. The Labute approximate surface area is 96.6 Å². The zero-order chi connectivity index (χ0) is 12.8. The van der Waals surface area contributed by atoms with Gasteiger partial charge in [0.2, 0.25) is 0 Å². The van der Waals surface area contributed by atoms with Crippen molar-refractivity contribution in [1.82, 2.24) is 14.8 Å². The number of rotatable bonds is 1. The first-order chi connectivity index (χ1) is 7.86. The fraction of sp³-hybridized carbons (Fsp3) is 0.400. The number of H-pyrrole nitrogens is 1. The predicted octanol–water partition coefficient (Wildman–Crippen LogP) is 1.46. The molecular weight excluding hydrogens is 222 g/mol. The van der Waals surface area contributed by atoms with Gasteiger partial charge in [-0.3, -0.25) is 4.79 Å². The largest absolute Gasteiger partial charge is 0.396 e. The molecule has 0 fully saturated rings. The summed E-state index contributed by atoms with van der Waals surface area (Å²) in [6.45, 7) is 5.83. The van der Waals surface area contributed by atoms with Crippen LogP contribution in [0.2, 0.25) is 0 Å². The van der Waals surface area contributed by atoms with Crippen LogP contribution in [0, 0.1) is 4.91 Å². The predicted molar refractivity (Wildman–Crippen MR) is 65.2 cm³/mol. The van der Waals surface area contributed by atoms with E-state index >= 15 is 0 Å². The van der Waals surface area contributed by atoms with Gasteiger partial charge in [0.1, 0.15) is 5.65 Å². The van der Waals surface area contributed by atoms with Crippen LogP contribution in [0.25, 0.3) is 11.0 Å². The number of nitrogen functional groups attached to an aromatic ring is 1. The van der Waals surface area contributed by atoms with E-state index in [-0.39, 0.29) is 16.9 Å². The van der Waals surface area contributed by atoms with E-state index in [1.165, 1.54) is 6.20 Å². The quantitative estimate of drug-likeness (QED) is 0.729. The first-order valence-electron chi connectivity index (χ1n) is 5.09. The SMILES string of the molecule is CC(C)(C)n1ncc2c(N)c(N=O)c(=O)[nH]c21. The van der Waals surface area contributed by atoms with E-state index in [4.69, 9.17) is 5.73 Å². The molecule has 2 rings (SSSR count). The Balaban J connectivity index is 2.90. The van der Waals surface area contributed by atoms with Crippen LogP contribution in [0.5, 0.6) is 0 Å². The Hall–Kier alpha value is -2.18. The molecule has 0 aliphatic heterocycles. The van der Waals surface area contributed by atoms with Crippen molar-refractivity contribution in [3.05, 3.63) is 21.5 Å². The molecular formula is C10H13N5O2. The van der Waals surface area contributed by atoms with Gasteiger partial charge in [0.25, 0.3) is 5.56 Å². The van der Waals surface area contributed by atoms with Crippen molar-refractivity contribution in [2.75, 3.05) is 5.73 Å². The summed E-state index contributed by atoms with van der Waals surface area (Å²) in [4.78, 5) is 24.7. The highest BCUT2D eigenvalue weighted by atomic mass is 16.3. The van der Waals surface area contributed by atoms with Crippen LogP contribution in [-0.2, 0) is 5.54 Å². The second kappa shape index (κ2) is 3.41. The lowest BCUT2D eigenvalue weighted by atomic mass is 10.1. The molecule has 3 N–H and O–H groups in total. The van der Waals surface area contributed by atoms with Gasteiger partial charge in [0.15, 0.2) is 5.69 Å². The van der Waals surface area contributed by atoms with Crippen molar-refractivity contribution in [3.63, 3.8) is 0 Å². The van der Waals surface area contributed by atoms with Crippen LogP contribution < -0.4 is 11.3 Å². The first kappa shape index (κ1) is 11.3. The molecule has 0 unspecified atom stereocenters. The van der Waals surface area contributed by atoms with Crippen molar-refractivity contribution >= 4 is 22.4 Å². The average Bonchev–Trinajstić information content (AvgIpc) is 2.61. The van der Waals surface area contributed by atoms with Crippen molar-refractivity contribution in [1.29, 1.82) is 0 Å². The van der Waals surface area contributed by atoms with E-state index in [9.17, 15) is 9.70 Å². The van der Waals surface area contributed by atoms with Gasteiger partial charge in [-0.2, -0.15) is 5.10 Å². The Kier molecular flexibility index (Phi) is 2.27. The summed E-state index contributed by atoms with van der Waals surface area (Å²) in [5.41, 5.74) is 5.08. The van der Waals surface area contributed by atoms with Crippen molar-refractivity contribution in [2.45, 2.75) is 26.3 Å². The molecule has 0 aliphatic carbocycles. The molecule has 17 heavy (non-hydrogen) atoms. The highest BCUT2D eigenvalue weighted by Gasteiger charge is 2.20. The molecule has 0 bridgehead atoms. The van der Waals surface area contributed by atoms with Crippen LogP contribution in [0.3, 0.4) is 0 Å². The van der Waals surface area contributed by atoms with Crippen LogP contribution in [0.1, 0.15) is 20.8 Å². The average molecular weight is 235 g/mol. The highest BCUT2D eigenvalue weighted by Crippen LogP contribution is 2.27. The molecule has 0 aliphatic rings. The van der Waals surface area contributed by atoms with E-state index in [2.05, 4.69) is 15.3 Å². The number of aromatic amines is 1. The lowest BCUT2D eigenvalue weighted by Crippen LogP contribution is -2.24. The molecule has 0 spiro atoms. The molecule has 7 nitrogen and oxygen atoms in total. The van der Waals surface area contributed by atoms with Crippen LogP contribution in [0.15, 0.2) is 16.2 Å². The van der Waals surface area contributed by atoms with Gasteiger partial charge >= 0.3 is 0 Å². The summed E-state index contributed by atoms with van der Waals surface area (Å²) < 4.78 is 1.65. The maximum Gasteiger partial charge on any atom is 0.281 e. The van der Waals surface area contributed by atoms with Crippen molar-refractivity contribution < 1.29 is 0 Å². The Morgan fingerprint density at radius 3 is 2.65 bits per heavy atom. The number of nitrogens with zero attached hydrogens (tertiary/aromatic N) is 3. The highest BCUT2D eigenvalue weighted by molar-refractivity contribution is 5.93. The number of pyridine rings is 1. The molecule has 0 saturated heterocycles. The Morgan fingerprint density at radius 1 is 1.47 bits per heavy atom. The maximum absolute atomic E-state index is 11.6. The summed E-state index contributed by atoms with van der Waals surface area (Å²) in [6, 6.07) is 0. The number of nitroso groups, excluding NO2 is 1. The lowest BCUT2D eigenvalue weighted by Gasteiger charge is -2.20. The standard InChI is InChI=1S/C10H13N5O2/c1-10(2,3)15-8-5(4-12-15)6(11)7(14-17)9(16)13-8/h4H,1-3H3,(H3,11,13,16). The van der Waals surface area contributed by atoms with Gasteiger partial charge in [-0.05, 0) is 25.9 Å². The van der Waals surface area contributed by atoms with Crippen molar-refractivity contribution in [2.24, 2.45) is 5.18 Å². The van der Waals surface area contributed by atoms with E-state index in [0.29, 0.717) is 11.0 Å².